The maximum Gasteiger partial charge on any atom is 0.242 e. The Morgan fingerprint density at radius 2 is 2.35 bits per heavy atom. The van der Waals surface area contributed by atoms with Crippen LogP contribution in [0.3, 0.4) is 0 Å². The fraction of sp³-hybridized carbons (Fsp3) is 0.462. The topological polar surface area (TPSA) is 55.1 Å². The SMILES string of the molecule is CCCNC1(C(N)=O)CCc2c(F)cccc21. The highest BCUT2D eigenvalue weighted by Crippen LogP contribution is 2.37. The minimum Gasteiger partial charge on any atom is -0.368 e. The fourth-order valence-corrected chi connectivity index (χ4v) is 2.52. The van der Waals surface area contributed by atoms with Gasteiger partial charge in [0.2, 0.25) is 5.91 Å². The smallest absolute Gasteiger partial charge is 0.242 e. The summed E-state index contributed by atoms with van der Waals surface area (Å²) in [6.45, 7) is 2.71. The molecule has 1 aliphatic carbocycles. The number of nitrogens with two attached hydrogens (primary N) is 1. The molecule has 0 saturated heterocycles. The predicted molar refractivity (Wildman–Crippen MR) is 63.9 cm³/mol. The number of carbonyl (C=O) groups excluding carboxylic acids is 1. The lowest BCUT2D eigenvalue weighted by Gasteiger charge is -2.28. The molecule has 1 aromatic carbocycles. The average Bonchev–Trinajstić information content (AvgIpc) is 2.68. The fourth-order valence-electron chi connectivity index (χ4n) is 2.52. The number of benzene rings is 1. The van der Waals surface area contributed by atoms with Gasteiger partial charge >= 0.3 is 0 Å². The van der Waals surface area contributed by atoms with Crippen LogP contribution in [0.1, 0.15) is 30.9 Å². The highest BCUT2D eigenvalue weighted by molar-refractivity contribution is 5.87. The molecule has 0 heterocycles. The number of carbonyl (C=O) groups is 1. The van der Waals surface area contributed by atoms with Crippen LogP contribution in [0.2, 0.25) is 0 Å². The van der Waals surface area contributed by atoms with Gasteiger partial charge in [-0.1, -0.05) is 19.1 Å². The van der Waals surface area contributed by atoms with Crippen LogP contribution in [0, 0.1) is 5.82 Å². The number of hydrogen-bond acceptors (Lipinski definition) is 2. The number of halogens is 1. The lowest BCUT2D eigenvalue weighted by Crippen LogP contribution is -2.51. The number of hydrogen-bond donors (Lipinski definition) is 2. The van der Waals surface area contributed by atoms with Gasteiger partial charge in [-0.25, -0.2) is 4.39 Å². The van der Waals surface area contributed by atoms with Gasteiger partial charge in [0.1, 0.15) is 11.4 Å². The second-order valence-electron chi connectivity index (χ2n) is 4.46. The highest BCUT2D eigenvalue weighted by Gasteiger charge is 2.44. The molecule has 1 aromatic rings. The van der Waals surface area contributed by atoms with Gasteiger partial charge in [0, 0.05) is 0 Å². The number of nitrogens with one attached hydrogen (secondary N) is 1. The quantitative estimate of drug-likeness (QED) is 0.831. The van der Waals surface area contributed by atoms with E-state index < -0.39 is 11.4 Å². The third-order valence-corrected chi connectivity index (χ3v) is 3.43. The van der Waals surface area contributed by atoms with Gasteiger partial charge in [-0.15, -0.1) is 0 Å². The summed E-state index contributed by atoms with van der Waals surface area (Å²) in [4.78, 5) is 11.7. The molecule has 0 fully saturated rings. The first-order valence-electron chi connectivity index (χ1n) is 5.94. The Hall–Kier alpha value is -1.42. The number of fused-ring (bicyclic) bond motifs is 1. The zero-order valence-electron chi connectivity index (χ0n) is 9.92. The van der Waals surface area contributed by atoms with Crippen molar-refractivity contribution in [3.8, 4) is 0 Å². The maximum absolute atomic E-state index is 13.6. The van der Waals surface area contributed by atoms with Crippen molar-refractivity contribution in [1.82, 2.24) is 5.32 Å². The van der Waals surface area contributed by atoms with Crippen LogP contribution in [-0.4, -0.2) is 12.5 Å². The van der Waals surface area contributed by atoms with Crippen LogP contribution in [0.4, 0.5) is 4.39 Å². The third-order valence-electron chi connectivity index (χ3n) is 3.43. The van der Waals surface area contributed by atoms with Crippen molar-refractivity contribution in [3.63, 3.8) is 0 Å². The monoisotopic (exact) mass is 236 g/mol. The van der Waals surface area contributed by atoms with Crippen molar-refractivity contribution < 1.29 is 9.18 Å². The molecular weight excluding hydrogens is 219 g/mol. The summed E-state index contributed by atoms with van der Waals surface area (Å²) >= 11 is 0. The minimum atomic E-state index is -0.882. The van der Waals surface area contributed by atoms with Crippen LogP contribution < -0.4 is 11.1 Å². The van der Waals surface area contributed by atoms with Gasteiger partial charge in [0.05, 0.1) is 0 Å². The molecule has 1 atom stereocenters. The summed E-state index contributed by atoms with van der Waals surface area (Å²) < 4.78 is 13.6. The summed E-state index contributed by atoms with van der Waals surface area (Å²) in [5.41, 5.74) is 5.96. The zero-order valence-corrected chi connectivity index (χ0v) is 9.92. The molecule has 92 valence electrons. The van der Waals surface area contributed by atoms with E-state index in [2.05, 4.69) is 5.32 Å². The van der Waals surface area contributed by atoms with Crippen LogP contribution in [-0.2, 0) is 16.8 Å². The lowest BCUT2D eigenvalue weighted by atomic mass is 9.90. The predicted octanol–water partition coefficient (Wildman–Crippen LogP) is 1.45. The van der Waals surface area contributed by atoms with Crippen molar-refractivity contribution in [2.24, 2.45) is 5.73 Å². The summed E-state index contributed by atoms with van der Waals surface area (Å²) in [7, 11) is 0. The third kappa shape index (κ3) is 1.82. The summed E-state index contributed by atoms with van der Waals surface area (Å²) in [6, 6.07) is 4.85. The molecular formula is C13H17FN2O. The van der Waals surface area contributed by atoms with Gasteiger partial charge in [0.15, 0.2) is 0 Å². The Morgan fingerprint density at radius 1 is 1.59 bits per heavy atom. The van der Waals surface area contributed by atoms with Gasteiger partial charge in [0.25, 0.3) is 0 Å². The van der Waals surface area contributed by atoms with Crippen molar-refractivity contribution in [1.29, 1.82) is 0 Å². The molecule has 17 heavy (non-hydrogen) atoms. The standard InChI is InChI=1S/C13H17FN2O/c1-2-8-16-13(12(15)17)7-6-9-10(13)4-3-5-11(9)14/h3-5,16H,2,6-8H2,1H3,(H2,15,17). The molecule has 0 saturated carbocycles. The molecule has 3 nitrogen and oxygen atoms in total. The van der Waals surface area contributed by atoms with Gasteiger partial charge in [-0.05, 0) is 43.0 Å². The summed E-state index contributed by atoms with van der Waals surface area (Å²) in [5, 5.41) is 3.19. The van der Waals surface area contributed by atoms with Crippen molar-refractivity contribution in [2.45, 2.75) is 31.7 Å². The maximum atomic E-state index is 13.6. The summed E-state index contributed by atoms with van der Waals surface area (Å²) in [5.74, 6) is -0.667. The van der Waals surface area contributed by atoms with E-state index in [-0.39, 0.29) is 5.82 Å². The number of rotatable bonds is 4. The molecule has 0 aliphatic heterocycles. The Kier molecular flexibility index (Phi) is 3.15. The molecule has 4 heteroatoms. The first-order valence-corrected chi connectivity index (χ1v) is 5.94. The number of amides is 1. The van der Waals surface area contributed by atoms with E-state index in [0.29, 0.717) is 30.5 Å². The van der Waals surface area contributed by atoms with Gasteiger partial charge in [-0.3, -0.25) is 10.1 Å². The van der Waals surface area contributed by atoms with Crippen molar-refractivity contribution in [2.75, 3.05) is 6.54 Å². The van der Waals surface area contributed by atoms with Crippen molar-refractivity contribution in [3.05, 3.63) is 35.1 Å². The molecule has 2 rings (SSSR count). The Morgan fingerprint density at radius 3 is 3.00 bits per heavy atom. The molecule has 0 spiro atoms. The van der Waals surface area contributed by atoms with Gasteiger partial charge < -0.3 is 5.73 Å². The van der Waals surface area contributed by atoms with Crippen molar-refractivity contribution >= 4 is 5.91 Å². The van der Waals surface area contributed by atoms with E-state index >= 15 is 0 Å². The lowest BCUT2D eigenvalue weighted by molar-refractivity contribution is -0.124. The molecule has 0 aromatic heterocycles. The van der Waals surface area contributed by atoms with Gasteiger partial charge in [-0.2, -0.15) is 0 Å². The molecule has 1 aliphatic rings. The van der Waals surface area contributed by atoms with E-state index in [9.17, 15) is 9.18 Å². The normalized spacial score (nSPS) is 22.5. The van der Waals surface area contributed by atoms with E-state index in [1.807, 2.05) is 6.92 Å². The molecule has 1 amide bonds. The highest BCUT2D eigenvalue weighted by atomic mass is 19.1. The Bertz CT molecular complexity index is 447. The first kappa shape index (κ1) is 12.0. The molecule has 0 radical (unpaired) electrons. The van der Waals surface area contributed by atoms with Crippen LogP contribution >= 0.6 is 0 Å². The van der Waals surface area contributed by atoms with E-state index in [1.165, 1.54) is 6.07 Å². The summed E-state index contributed by atoms with van der Waals surface area (Å²) in [6.07, 6.45) is 2.00. The average molecular weight is 236 g/mol. The van der Waals surface area contributed by atoms with Crippen LogP contribution in [0.5, 0.6) is 0 Å². The Balaban J connectivity index is 2.45. The largest absolute Gasteiger partial charge is 0.368 e. The van der Waals surface area contributed by atoms with Crippen LogP contribution in [0.25, 0.3) is 0 Å². The molecule has 1 unspecified atom stereocenters. The zero-order chi connectivity index (χ0) is 12.5. The van der Waals surface area contributed by atoms with E-state index in [0.717, 1.165) is 6.42 Å². The first-order chi connectivity index (χ1) is 8.12. The second kappa shape index (κ2) is 4.45. The number of primary amides is 1. The second-order valence-corrected chi connectivity index (χ2v) is 4.46. The molecule has 0 bridgehead atoms. The minimum absolute atomic E-state index is 0.246. The Labute approximate surface area is 100 Å². The van der Waals surface area contributed by atoms with E-state index in [4.69, 9.17) is 5.73 Å². The van der Waals surface area contributed by atoms with Crippen LogP contribution in [0.15, 0.2) is 18.2 Å². The van der Waals surface area contributed by atoms with E-state index in [1.54, 1.807) is 12.1 Å². The molecule has 3 N–H and O–H groups in total.